The molecule has 0 spiro atoms. The highest BCUT2D eigenvalue weighted by Gasteiger charge is 2.07. The standard InChI is InChI=1S/C19H18F2N2O2/c1-12(2)22-19(25)23-15-9-6-13(7-10-15)17(24)11-8-14-4-3-5-16(20)18(14)21/h3-12H,1-2H3,(H2,22,23,25). The molecule has 0 aromatic heterocycles. The lowest BCUT2D eigenvalue weighted by Crippen LogP contribution is -2.34. The van der Waals surface area contributed by atoms with Gasteiger partial charge in [0.05, 0.1) is 0 Å². The molecule has 0 bridgehead atoms. The Kier molecular flexibility index (Phi) is 6.00. The van der Waals surface area contributed by atoms with E-state index in [1.807, 2.05) is 13.8 Å². The number of nitrogens with one attached hydrogen (secondary N) is 2. The van der Waals surface area contributed by atoms with Gasteiger partial charge in [0, 0.05) is 22.9 Å². The third-order valence-corrected chi connectivity index (χ3v) is 3.24. The molecule has 6 heteroatoms. The lowest BCUT2D eigenvalue weighted by atomic mass is 10.1. The van der Waals surface area contributed by atoms with Crippen molar-refractivity contribution < 1.29 is 18.4 Å². The van der Waals surface area contributed by atoms with E-state index in [0.29, 0.717) is 11.3 Å². The summed E-state index contributed by atoms with van der Waals surface area (Å²) >= 11 is 0. The molecule has 2 aromatic carbocycles. The fourth-order valence-corrected chi connectivity index (χ4v) is 2.06. The molecule has 4 nitrogen and oxygen atoms in total. The minimum atomic E-state index is -0.998. The van der Waals surface area contributed by atoms with E-state index in [0.717, 1.165) is 6.07 Å². The van der Waals surface area contributed by atoms with Gasteiger partial charge in [0.25, 0.3) is 0 Å². The minimum absolute atomic E-state index is 0.00278. The first kappa shape index (κ1) is 18.3. The number of hydrogen-bond acceptors (Lipinski definition) is 2. The fourth-order valence-electron chi connectivity index (χ4n) is 2.06. The van der Waals surface area contributed by atoms with Gasteiger partial charge in [0.1, 0.15) is 0 Å². The Bertz CT molecular complexity index is 800. The van der Waals surface area contributed by atoms with Crippen LogP contribution in [0.15, 0.2) is 48.5 Å². The second-order valence-electron chi connectivity index (χ2n) is 5.67. The number of rotatable bonds is 5. The topological polar surface area (TPSA) is 58.2 Å². The van der Waals surface area contributed by atoms with Crippen LogP contribution < -0.4 is 10.6 Å². The van der Waals surface area contributed by atoms with Gasteiger partial charge < -0.3 is 10.6 Å². The molecule has 2 rings (SSSR count). The van der Waals surface area contributed by atoms with Crippen molar-refractivity contribution in [3.63, 3.8) is 0 Å². The fraction of sp³-hybridized carbons (Fsp3) is 0.158. The summed E-state index contributed by atoms with van der Waals surface area (Å²) in [6, 6.07) is 9.68. The molecule has 0 aliphatic carbocycles. The summed E-state index contributed by atoms with van der Waals surface area (Å²) in [6.07, 6.45) is 2.40. The van der Waals surface area contributed by atoms with Gasteiger partial charge in [-0.15, -0.1) is 0 Å². The average Bonchev–Trinajstić information content (AvgIpc) is 2.56. The summed E-state index contributed by atoms with van der Waals surface area (Å²) in [6.45, 7) is 3.68. The number of hydrogen-bond donors (Lipinski definition) is 2. The predicted octanol–water partition coefficient (Wildman–Crippen LogP) is 4.39. The maximum absolute atomic E-state index is 13.5. The highest BCUT2D eigenvalue weighted by molar-refractivity contribution is 6.07. The third kappa shape index (κ3) is 5.24. The van der Waals surface area contributed by atoms with Gasteiger partial charge in [-0.05, 0) is 56.3 Å². The maximum Gasteiger partial charge on any atom is 0.319 e. The highest BCUT2D eigenvalue weighted by atomic mass is 19.2. The Labute approximate surface area is 144 Å². The largest absolute Gasteiger partial charge is 0.336 e. The predicted molar refractivity (Wildman–Crippen MR) is 93.5 cm³/mol. The first-order valence-electron chi connectivity index (χ1n) is 7.71. The highest BCUT2D eigenvalue weighted by Crippen LogP contribution is 2.14. The summed E-state index contributed by atoms with van der Waals surface area (Å²) < 4.78 is 26.7. The van der Waals surface area contributed by atoms with Gasteiger partial charge in [-0.1, -0.05) is 12.1 Å². The van der Waals surface area contributed by atoms with Gasteiger partial charge >= 0.3 is 6.03 Å². The Morgan fingerprint density at radius 1 is 1.04 bits per heavy atom. The Morgan fingerprint density at radius 2 is 1.72 bits per heavy atom. The van der Waals surface area contributed by atoms with Crippen LogP contribution in [0.25, 0.3) is 6.08 Å². The Balaban J connectivity index is 2.04. The maximum atomic E-state index is 13.5. The van der Waals surface area contributed by atoms with Gasteiger partial charge in [-0.3, -0.25) is 4.79 Å². The molecule has 0 heterocycles. The molecular formula is C19H18F2N2O2. The van der Waals surface area contributed by atoms with Gasteiger partial charge in [0.2, 0.25) is 0 Å². The quantitative estimate of drug-likeness (QED) is 0.624. The molecule has 0 aliphatic heterocycles. The number of allylic oxidation sites excluding steroid dienone is 1. The van der Waals surface area contributed by atoms with Crippen LogP contribution in [0.3, 0.4) is 0 Å². The van der Waals surface area contributed by atoms with Crippen LogP contribution in [-0.2, 0) is 0 Å². The average molecular weight is 344 g/mol. The molecule has 0 saturated carbocycles. The van der Waals surface area contributed by atoms with Crippen LogP contribution in [0.4, 0.5) is 19.3 Å². The second kappa shape index (κ2) is 8.19. The van der Waals surface area contributed by atoms with Crippen molar-refractivity contribution in [2.75, 3.05) is 5.32 Å². The monoisotopic (exact) mass is 344 g/mol. The third-order valence-electron chi connectivity index (χ3n) is 3.24. The van der Waals surface area contributed by atoms with Crippen LogP contribution >= 0.6 is 0 Å². The zero-order valence-electron chi connectivity index (χ0n) is 13.8. The smallest absolute Gasteiger partial charge is 0.319 e. The zero-order chi connectivity index (χ0) is 18.4. The first-order chi connectivity index (χ1) is 11.9. The van der Waals surface area contributed by atoms with Crippen molar-refractivity contribution in [1.29, 1.82) is 0 Å². The minimum Gasteiger partial charge on any atom is -0.336 e. The van der Waals surface area contributed by atoms with E-state index in [4.69, 9.17) is 0 Å². The number of benzene rings is 2. The molecule has 0 unspecified atom stereocenters. The number of halogens is 2. The van der Waals surface area contributed by atoms with Crippen LogP contribution in [0.1, 0.15) is 29.8 Å². The lowest BCUT2D eigenvalue weighted by molar-refractivity contribution is 0.104. The van der Waals surface area contributed by atoms with E-state index in [9.17, 15) is 18.4 Å². The second-order valence-corrected chi connectivity index (χ2v) is 5.67. The van der Waals surface area contributed by atoms with Crippen LogP contribution in [0.2, 0.25) is 0 Å². The summed E-state index contributed by atoms with van der Waals surface area (Å²) in [4.78, 5) is 23.7. The number of amides is 2. The normalized spacial score (nSPS) is 10.9. The Hall–Kier alpha value is -3.02. The molecule has 2 N–H and O–H groups in total. The van der Waals surface area contributed by atoms with E-state index < -0.39 is 11.6 Å². The van der Waals surface area contributed by atoms with Gasteiger partial charge in [-0.25, -0.2) is 13.6 Å². The summed E-state index contributed by atoms with van der Waals surface area (Å²) in [5.74, 6) is -2.33. The van der Waals surface area contributed by atoms with E-state index >= 15 is 0 Å². The molecule has 25 heavy (non-hydrogen) atoms. The molecule has 0 saturated heterocycles. The van der Waals surface area contributed by atoms with E-state index in [1.54, 1.807) is 24.3 Å². The van der Waals surface area contributed by atoms with Crippen molar-refractivity contribution >= 4 is 23.6 Å². The van der Waals surface area contributed by atoms with Crippen LogP contribution in [-0.4, -0.2) is 17.9 Å². The number of ketones is 1. The SMILES string of the molecule is CC(C)NC(=O)Nc1ccc(C(=O)C=Cc2cccc(F)c2F)cc1. The number of carbonyl (C=O) groups excluding carboxylic acids is 2. The molecular weight excluding hydrogens is 326 g/mol. The summed E-state index contributed by atoms with van der Waals surface area (Å²) in [5.41, 5.74) is 0.898. The number of anilines is 1. The summed E-state index contributed by atoms with van der Waals surface area (Å²) in [5, 5.41) is 5.32. The lowest BCUT2D eigenvalue weighted by Gasteiger charge is -2.10. The number of urea groups is 1. The molecule has 130 valence electrons. The van der Waals surface area contributed by atoms with E-state index in [1.165, 1.54) is 24.3 Å². The molecule has 2 amide bonds. The van der Waals surface area contributed by atoms with Crippen molar-refractivity contribution in [2.45, 2.75) is 19.9 Å². The van der Waals surface area contributed by atoms with E-state index in [2.05, 4.69) is 10.6 Å². The van der Waals surface area contributed by atoms with Crippen LogP contribution in [0.5, 0.6) is 0 Å². The zero-order valence-corrected chi connectivity index (χ0v) is 13.8. The van der Waals surface area contributed by atoms with Crippen molar-refractivity contribution in [3.8, 4) is 0 Å². The summed E-state index contributed by atoms with van der Waals surface area (Å²) in [7, 11) is 0. The van der Waals surface area contributed by atoms with Gasteiger partial charge in [0.15, 0.2) is 17.4 Å². The molecule has 0 radical (unpaired) electrons. The molecule has 0 atom stereocenters. The van der Waals surface area contributed by atoms with Gasteiger partial charge in [-0.2, -0.15) is 0 Å². The first-order valence-corrected chi connectivity index (χ1v) is 7.71. The van der Waals surface area contributed by atoms with Crippen LogP contribution in [0, 0.1) is 11.6 Å². The molecule has 0 fully saturated rings. The molecule has 0 aliphatic rings. The molecule has 2 aromatic rings. The van der Waals surface area contributed by atoms with Crippen molar-refractivity contribution in [3.05, 3.63) is 71.3 Å². The number of carbonyl (C=O) groups is 2. The van der Waals surface area contributed by atoms with Crippen molar-refractivity contribution in [2.24, 2.45) is 0 Å². The van der Waals surface area contributed by atoms with Crippen molar-refractivity contribution in [1.82, 2.24) is 5.32 Å². The van der Waals surface area contributed by atoms with E-state index in [-0.39, 0.29) is 23.4 Å². The Morgan fingerprint density at radius 3 is 2.36 bits per heavy atom.